The van der Waals surface area contributed by atoms with Gasteiger partial charge in [-0.1, -0.05) is 97.1 Å². The third-order valence-corrected chi connectivity index (χ3v) is 8.09. The van der Waals surface area contributed by atoms with Crippen LogP contribution in [-0.2, 0) is 20.1 Å². The van der Waals surface area contributed by atoms with Gasteiger partial charge in [0.1, 0.15) is 0 Å². The molecule has 4 nitrogen and oxygen atoms in total. The van der Waals surface area contributed by atoms with E-state index in [0.29, 0.717) is 0 Å². The molecule has 4 aromatic heterocycles. The molecule has 5 aromatic carbocycles. The molecule has 0 aliphatic rings. The van der Waals surface area contributed by atoms with E-state index in [1.54, 1.807) is 12.4 Å². The molecule has 0 aliphatic carbocycles. The minimum atomic E-state index is 0. The average Bonchev–Trinajstić information content (AvgIpc) is 3.23. The van der Waals surface area contributed by atoms with E-state index in [-0.39, 0.29) is 20.1 Å². The number of benzene rings is 5. The fraction of sp³-hybridized carbons (Fsp3) is 0. The molecule has 0 atom stereocenters. The Balaban J connectivity index is 0.000000149. The molecule has 51 heavy (non-hydrogen) atoms. The van der Waals surface area contributed by atoms with Crippen LogP contribution in [0.1, 0.15) is 0 Å². The van der Waals surface area contributed by atoms with Crippen LogP contribution >= 0.6 is 0 Å². The van der Waals surface area contributed by atoms with Gasteiger partial charge in [-0.2, -0.15) is 0 Å². The minimum Gasteiger partial charge on any atom is -0.305 e. The molecule has 0 unspecified atom stereocenters. The molecular weight excluding hydrogens is 801 g/mol. The predicted molar refractivity (Wildman–Crippen MR) is 205 cm³/mol. The normalized spacial score (nSPS) is 10.2. The second-order valence-electron chi connectivity index (χ2n) is 11.3. The van der Waals surface area contributed by atoms with Crippen LogP contribution in [-0.4, -0.2) is 19.9 Å². The van der Waals surface area contributed by atoms with Crippen molar-refractivity contribution in [2.75, 3.05) is 0 Å². The molecule has 244 valence electrons. The Kier molecular flexibility index (Phi) is 11.9. The van der Waals surface area contributed by atoms with Gasteiger partial charge in [-0.05, 0) is 57.9 Å². The van der Waals surface area contributed by atoms with E-state index in [1.165, 1.54) is 22.3 Å². The van der Waals surface area contributed by atoms with E-state index in [9.17, 15) is 0 Å². The second kappa shape index (κ2) is 17.5. The third-order valence-electron chi connectivity index (χ3n) is 8.09. The number of pyridine rings is 4. The summed E-state index contributed by atoms with van der Waals surface area (Å²) < 4.78 is 0. The summed E-state index contributed by atoms with van der Waals surface area (Å²) in [6.07, 6.45) is 7.33. The van der Waals surface area contributed by atoms with Gasteiger partial charge in [0.15, 0.2) is 0 Å². The zero-order chi connectivity index (χ0) is 33.8. The van der Waals surface area contributed by atoms with Gasteiger partial charge in [-0.15, -0.1) is 71.8 Å². The van der Waals surface area contributed by atoms with Crippen molar-refractivity contribution in [3.8, 4) is 44.8 Å². The molecule has 0 saturated heterocycles. The molecule has 0 fully saturated rings. The van der Waals surface area contributed by atoms with Crippen molar-refractivity contribution in [1.29, 1.82) is 0 Å². The first-order valence-electron chi connectivity index (χ1n) is 16.4. The maximum Gasteiger partial charge on any atom is 3.00 e. The molecule has 0 bridgehead atoms. The van der Waals surface area contributed by atoms with Crippen molar-refractivity contribution in [2.45, 2.75) is 0 Å². The van der Waals surface area contributed by atoms with Crippen LogP contribution in [0.5, 0.6) is 0 Å². The monoisotopic (exact) mass is 833 g/mol. The van der Waals surface area contributed by atoms with E-state index in [1.807, 2.05) is 109 Å². The van der Waals surface area contributed by atoms with Crippen molar-refractivity contribution < 1.29 is 20.1 Å². The smallest absolute Gasteiger partial charge is 0.305 e. The Labute approximate surface area is 312 Å². The van der Waals surface area contributed by atoms with Gasteiger partial charge in [0.2, 0.25) is 0 Å². The summed E-state index contributed by atoms with van der Waals surface area (Å²) in [7, 11) is 0. The van der Waals surface area contributed by atoms with Gasteiger partial charge in [0.05, 0.1) is 11.0 Å². The predicted octanol–water partition coefficient (Wildman–Crippen LogP) is 11.2. The standard InChI is InChI=1S/C24H16N2.2C11H8N.Ir/c1-3-7-17(8-4-1)19-13-15-25-23-21(19)11-12-22-20(14-16-26-24(22)23)18-9-5-2-6-10-18;2*1-2-6-10(7-3-1)11-8-4-5-9-12-11;/h1-16H;2*1-6,8-9H;/q;2*-1;+3. The van der Waals surface area contributed by atoms with E-state index in [4.69, 9.17) is 0 Å². The number of aromatic nitrogens is 4. The van der Waals surface area contributed by atoms with Crippen LogP contribution < -0.4 is 0 Å². The van der Waals surface area contributed by atoms with Crippen LogP contribution in [0.2, 0.25) is 0 Å². The molecule has 9 aromatic rings. The largest absolute Gasteiger partial charge is 3.00 e. The van der Waals surface area contributed by atoms with Crippen molar-refractivity contribution in [3.63, 3.8) is 0 Å². The summed E-state index contributed by atoms with van der Waals surface area (Å²) in [4.78, 5) is 17.8. The Morgan fingerprint density at radius 1 is 0.333 bits per heavy atom. The van der Waals surface area contributed by atoms with Gasteiger partial charge < -0.3 is 9.97 Å². The zero-order valence-electron chi connectivity index (χ0n) is 27.6. The summed E-state index contributed by atoms with van der Waals surface area (Å²) in [5.74, 6) is 0. The van der Waals surface area contributed by atoms with Crippen molar-refractivity contribution in [3.05, 3.63) is 207 Å². The SMILES string of the molecule is [Ir+3].[c-]1ccccc1-c1ccccn1.[c-]1ccccc1-c1ccccn1.c1ccc(-c2ccnc3c2ccc2c(-c4ccccc4)ccnc23)cc1. The maximum absolute atomic E-state index is 4.67. The first kappa shape index (κ1) is 34.7. The summed E-state index contributed by atoms with van der Waals surface area (Å²) >= 11 is 0. The fourth-order valence-electron chi connectivity index (χ4n) is 5.72. The molecule has 9 rings (SSSR count). The summed E-state index contributed by atoms with van der Waals surface area (Å²) in [6, 6.07) is 63.0. The first-order valence-corrected chi connectivity index (χ1v) is 16.4. The molecule has 4 heterocycles. The maximum atomic E-state index is 4.67. The Morgan fingerprint density at radius 3 is 1.12 bits per heavy atom. The quantitative estimate of drug-likeness (QED) is 0.131. The van der Waals surface area contributed by atoms with Crippen molar-refractivity contribution in [1.82, 2.24) is 19.9 Å². The number of hydrogen-bond donors (Lipinski definition) is 0. The number of fused-ring (bicyclic) bond motifs is 3. The molecule has 0 radical (unpaired) electrons. The Morgan fingerprint density at radius 2 is 0.745 bits per heavy atom. The molecule has 0 saturated carbocycles. The van der Waals surface area contributed by atoms with Crippen LogP contribution in [0.15, 0.2) is 195 Å². The van der Waals surface area contributed by atoms with Gasteiger partial charge >= 0.3 is 20.1 Å². The topological polar surface area (TPSA) is 51.6 Å². The summed E-state index contributed by atoms with van der Waals surface area (Å²) in [5, 5.41) is 2.26. The molecule has 0 amide bonds. The molecule has 5 heteroatoms. The number of hydrogen-bond acceptors (Lipinski definition) is 4. The average molecular weight is 833 g/mol. The van der Waals surface area contributed by atoms with Crippen LogP contribution in [0.3, 0.4) is 0 Å². The molecule has 0 aliphatic heterocycles. The third kappa shape index (κ3) is 8.54. The number of nitrogens with zero attached hydrogens (tertiary/aromatic N) is 4. The van der Waals surface area contributed by atoms with E-state index < -0.39 is 0 Å². The Bertz CT molecular complexity index is 2140. The van der Waals surface area contributed by atoms with Crippen molar-refractivity contribution in [2.24, 2.45) is 0 Å². The summed E-state index contributed by atoms with van der Waals surface area (Å²) in [5.41, 5.74) is 10.7. The molecule has 0 N–H and O–H groups in total. The molecular formula is C46H32IrN4+. The van der Waals surface area contributed by atoms with Crippen LogP contribution in [0.25, 0.3) is 66.6 Å². The fourth-order valence-corrected chi connectivity index (χ4v) is 5.72. The van der Waals surface area contributed by atoms with E-state index in [0.717, 1.165) is 44.3 Å². The second-order valence-corrected chi connectivity index (χ2v) is 11.3. The van der Waals surface area contributed by atoms with Crippen molar-refractivity contribution >= 4 is 21.8 Å². The minimum absolute atomic E-state index is 0. The van der Waals surface area contributed by atoms with Gasteiger partial charge in [-0.3, -0.25) is 9.97 Å². The van der Waals surface area contributed by atoms with E-state index in [2.05, 4.69) is 105 Å². The first-order chi connectivity index (χ1) is 24.8. The van der Waals surface area contributed by atoms with Gasteiger partial charge in [0.25, 0.3) is 0 Å². The van der Waals surface area contributed by atoms with Crippen LogP contribution in [0.4, 0.5) is 0 Å². The zero-order valence-corrected chi connectivity index (χ0v) is 30.0. The van der Waals surface area contributed by atoms with E-state index >= 15 is 0 Å². The van der Waals surface area contributed by atoms with Gasteiger partial charge in [-0.25, -0.2) is 0 Å². The van der Waals surface area contributed by atoms with Gasteiger partial charge in [0, 0.05) is 35.6 Å². The Hall–Kier alpha value is -6.13. The van der Waals surface area contributed by atoms with Crippen LogP contribution in [0, 0.1) is 12.1 Å². The summed E-state index contributed by atoms with van der Waals surface area (Å²) in [6.45, 7) is 0. The molecule has 0 spiro atoms. The number of rotatable bonds is 4.